The number of likely N-dealkylation sites (N-methyl/N-ethyl adjacent to an activating group) is 1. The van der Waals surface area contributed by atoms with Crippen LogP contribution in [0, 0.1) is 19.8 Å². The third-order valence-electron chi connectivity index (χ3n) is 7.55. The lowest BCUT2D eigenvalue weighted by Crippen LogP contribution is -2.47. The molecule has 0 spiro atoms. The Morgan fingerprint density at radius 2 is 1.79 bits per heavy atom. The van der Waals surface area contributed by atoms with Gasteiger partial charge in [0.15, 0.2) is 0 Å². The van der Waals surface area contributed by atoms with Crippen LogP contribution < -0.4 is 5.32 Å². The van der Waals surface area contributed by atoms with E-state index < -0.39 is 10.0 Å². The first-order valence-electron chi connectivity index (χ1n) is 13.4. The molecule has 1 aromatic heterocycles. The van der Waals surface area contributed by atoms with Gasteiger partial charge in [0.2, 0.25) is 27.6 Å². The summed E-state index contributed by atoms with van der Waals surface area (Å²) in [7, 11) is -1.65. The molecule has 39 heavy (non-hydrogen) atoms. The first kappa shape index (κ1) is 27.4. The van der Waals surface area contributed by atoms with Crippen molar-refractivity contribution in [1.82, 2.24) is 24.2 Å². The summed E-state index contributed by atoms with van der Waals surface area (Å²) in [6, 6.07) is 13.1. The molecule has 2 fully saturated rings. The normalized spacial score (nSPS) is 19.7. The predicted octanol–water partition coefficient (Wildman–Crippen LogP) is 3.14. The third kappa shape index (κ3) is 6.38. The Bertz CT molecular complexity index is 1410. The SMILES string of the molecule is Cc1ccc(-c2noc(CN3CCCC(C(=O)Nc4ccc(C)c(S(=O)(=O)N5CCN(C)CC5)c4)C3)n2)cc1. The standard InChI is InChI=1S/C28H36N6O4S/c1-20-6-9-22(10-7-20)27-30-26(38-31-27)19-33-12-4-5-23(18-33)28(35)29-24-11-8-21(2)25(17-24)39(36,37)34-15-13-32(3)14-16-34/h6-11,17,23H,4-5,12-16,18-19H2,1-3H3,(H,29,35). The average Bonchev–Trinajstić information content (AvgIpc) is 3.39. The van der Waals surface area contributed by atoms with Crippen LogP contribution in [0.4, 0.5) is 5.69 Å². The van der Waals surface area contributed by atoms with Gasteiger partial charge in [0.05, 0.1) is 17.4 Å². The smallest absolute Gasteiger partial charge is 0.243 e. The molecule has 3 heterocycles. The van der Waals surface area contributed by atoms with Gasteiger partial charge in [-0.2, -0.15) is 9.29 Å². The number of piperidine rings is 1. The quantitative estimate of drug-likeness (QED) is 0.476. The van der Waals surface area contributed by atoms with E-state index >= 15 is 0 Å². The molecule has 0 saturated carbocycles. The summed E-state index contributed by atoms with van der Waals surface area (Å²) in [5, 5.41) is 7.08. The van der Waals surface area contributed by atoms with E-state index in [-0.39, 0.29) is 16.7 Å². The van der Waals surface area contributed by atoms with Crippen LogP contribution in [0.25, 0.3) is 11.4 Å². The number of aromatic nitrogens is 2. The first-order valence-corrected chi connectivity index (χ1v) is 14.9. The fourth-order valence-electron chi connectivity index (χ4n) is 5.11. The van der Waals surface area contributed by atoms with Crippen molar-refractivity contribution in [2.45, 2.75) is 38.1 Å². The molecule has 2 aliphatic rings. The van der Waals surface area contributed by atoms with E-state index in [2.05, 4.69) is 25.3 Å². The Morgan fingerprint density at radius 3 is 2.54 bits per heavy atom. The van der Waals surface area contributed by atoms with Crippen molar-refractivity contribution < 1.29 is 17.7 Å². The van der Waals surface area contributed by atoms with Gasteiger partial charge in [-0.15, -0.1) is 0 Å². The van der Waals surface area contributed by atoms with Crippen molar-refractivity contribution in [3.63, 3.8) is 0 Å². The minimum Gasteiger partial charge on any atom is -0.338 e. The van der Waals surface area contributed by atoms with Crippen LogP contribution in [0.15, 0.2) is 51.9 Å². The van der Waals surface area contributed by atoms with Crippen LogP contribution in [0.3, 0.4) is 0 Å². The van der Waals surface area contributed by atoms with Crippen LogP contribution in [0.2, 0.25) is 0 Å². The summed E-state index contributed by atoms with van der Waals surface area (Å²) in [4.78, 5) is 22.3. The number of hydrogen-bond donors (Lipinski definition) is 1. The van der Waals surface area contributed by atoms with Crippen LogP contribution in [0.1, 0.15) is 29.9 Å². The van der Waals surface area contributed by atoms with Gasteiger partial charge in [-0.25, -0.2) is 8.42 Å². The second-order valence-electron chi connectivity index (χ2n) is 10.6. The van der Waals surface area contributed by atoms with Crippen molar-refractivity contribution in [2.75, 3.05) is 51.6 Å². The largest absolute Gasteiger partial charge is 0.338 e. The predicted molar refractivity (Wildman–Crippen MR) is 149 cm³/mol. The molecule has 5 rings (SSSR count). The highest BCUT2D eigenvalue weighted by molar-refractivity contribution is 7.89. The molecule has 2 aromatic carbocycles. The molecule has 1 amide bonds. The molecule has 11 heteroatoms. The summed E-state index contributed by atoms with van der Waals surface area (Å²) >= 11 is 0. The van der Waals surface area contributed by atoms with E-state index in [1.807, 2.05) is 38.2 Å². The van der Waals surface area contributed by atoms with Gasteiger partial charge in [0, 0.05) is 44.0 Å². The second-order valence-corrected chi connectivity index (χ2v) is 12.5. The minimum atomic E-state index is -3.64. The molecule has 3 aromatic rings. The fourth-order valence-corrected chi connectivity index (χ4v) is 6.78. The minimum absolute atomic E-state index is 0.114. The number of carbonyl (C=O) groups is 1. The third-order valence-corrected chi connectivity index (χ3v) is 9.59. The number of rotatable bonds is 7. The molecule has 0 aliphatic carbocycles. The zero-order valence-electron chi connectivity index (χ0n) is 22.8. The number of likely N-dealkylation sites (tertiary alicyclic amines) is 1. The zero-order valence-corrected chi connectivity index (χ0v) is 23.6. The average molecular weight is 553 g/mol. The van der Waals surface area contributed by atoms with Crippen molar-refractivity contribution in [3.8, 4) is 11.4 Å². The summed E-state index contributed by atoms with van der Waals surface area (Å²) < 4.78 is 33.7. The molecule has 208 valence electrons. The van der Waals surface area contributed by atoms with E-state index in [1.165, 1.54) is 9.87 Å². The number of carbonyl (C=O) groups excluding carboxylic acids is 1. The number of amides is 1. The summed E-state index contributed by atoms with van der Waals surface area (Å²) in [6.07, 6.45) is 1.63. The number of nitrogens with zero attached hydrogens (tertiary/aromatic N) is 5. The van der Waals surface area contributed by atoms with E-state index in [9.17, 15) is 13.2 Å². The summed E-state index contributed by atoms with van der Waals surface area (Å²) in [5.41, 5.74) is 3.23. The molecule has 1 atom stereocenters. The number of piperazine rings is 1. The van der Waals surface area contributed by atoms with Crippen LogP contribution >= 0.6 is 0 Å². The number of nitrogens with one attached hydrogen (secondary N) is 1. The van der Waals surface area contributed by atoms with Gasteiger partial charge < -0.3 is 14.7 Å². The van der Waals surface area contributed by atoms with Gasteiger partial charge in [0.25, 0.3) is 0 Å². The maximum absolute atomic E-state index is 13.3. The summed E-state index contributed by atoms with van der Waals surface area (Å²) in [6.45, 7) is 8.00. The zero-order chi connectivity index (χ0) is 27.6. The molecular weight excluding hydrogens is 516 g/mol. The fraction of sp³-hybridized carbons (Fsp3) is 0.464. The highest BCUT2D eigenvalue weighted by Crippen LogP contribution is 2.26. The molecule has 2 saturated heterocycles. The Labute approximate surface area is 230 Å². The number of hydrogen-bond acceptors (Lipinski definition) is 8. The highest BCUT2D eigenvalue weighted by Gasteiger charge is 2.30. The van der Waals surface area contributed by atoms with Crippen LogP contribution in [-0.4, -0.2) is 84.9 Å². The van der Waals surface area contributed by atoms with Gasteiger partial charge in [-0.05, 0) is 58.0 Å². The molecule has 2 aliphatic heterocycles. The topological polar surface area (TPSA) is 112 Å². The Hall–Kier alpha value is -3.12. The number of aryl methyl sites for hydroxylation is 2. The van der Waals surface area contributed by atoms with Gasteiger partial charge in [-0.3, -0.25) is 9.69 Å². The Kier molecular flexibility index (Phi) is 8.13. The molecular formula is C28H36N6O4S. The number of benzene rings is 2. The first-order chi connectivity index (χ1) is 18.7. The molecule has 10 nitrogen and oxygen atoms in total. The van der Waals surface area contributed by atoms with E-state index in [0.717, 1.165) is 24.9 Å². The van der Waals surface area contributed by atoms with Crippen molar-refractivity contribution in [3.05, 3.63) is 59.5 Å². The van der Waals surface area contributed by atoms with Gasteiger partial charge >= 0.3 is 0 Å². The monoisotopic (exact) mass is 552 g/mol. The maximum atomic E-state index is 13.3. The number of sulfonamides is 1. The molecule has 1 N–H and O–H groups in total. The Balaban J connectivity index is 1.22. The van der Waals surface area contributed by atoms with Crippen molar-refractivity contribution >= 4 is 21.6 Å². The van der Waals surface area contributed by atoms with Crippen molar-refractivity contribution in [1.29, 1.82) is 0 Å². The molecule has 0 radical (unpaired) electrons. The lowest BCUT2D eigenvalue weighted by molar-refractivity contribution is -0.121. The van der Waals surface area contributed by atoms with E-state index in [0.29, 0.717) is 62.2 Å². The summed E-state index contributed by atoms with van der Waals surface area (Å²) in [5.74, 6) is 0.733. The van der Waals surface area contributed by atoms with Crippen LogP contribution in [0.5, 0.6) is 0 Å². The van der Waals surface area contributed by atoms with Crippen LogP contribution in [-0.2, 0) is 21.4 Å². The Morgan fingerprint density at radius 1 is 1.05 bits per heavy atom. The van der Waals surface area contributed by atoms with Crippen molar-refractivity contribution in [2.24, 2.45) is 5.92 Å². The highest BCUT2D eigenvalue weighted by atomic mass is 32.2. The second kappa shape index (κ2) is 11.5. The van der Waals surface area contributed by atoms with Gasteiger partial charge in [-0.1, -0.05) is 41.1 Å². The molecule has 1 unspecified atom stereocenters. The van der Waals surface area contributed by atoms with Gasteiger partial charge in [0.1, 0.15) is 0 Å². The number of anilines is 1. The maximum Gasteiger partial charge on any atom is 0.243 e. The van der Waals surface area contributed by atoms with E-state index in [4.69, 9.17) is 4.52 Å². The van der Waals surface area contributed by atoms with E-state index in [1.54, 1.807) is 25.1 Å². The lowest BCUT2D eigenvalue weighted by atomic mass is 9.97. The lowest BCUT2D eigenvalue weighted by Gasteiger charge is -2.32. The molecule has 0 bridgehead atoms.